The first-order valence-corrected chi connectivity index (χ1v) is 8.55. The predicted molar refractivity (Wildman–Crippen MR) is 98.0 cm³/mol. The third-order valence-electron chi connectivity index (χ3n) is 4.80. The molecule has 0 N–H and O–H groups in total. The van der Waals surface area contributed by atoms with Crippen LogP contribution in [0.2, 0.25) is 0 Å². The largest absolute Gasteiger partial charge is 0.337 e. The zero-order valence-corrected chi connectivity index (χ0v) is 14.0. The molecule has 1 amide bonds. The number of hydrogen-bond donors (Lipinski definition) is 0. The molecule has 1 unspecified atom stereocenters. The van der Waals surface area contributed by atoms with Crippen molar-refractivity contribution in [2.75, 3.05) is 13.1 Å². The third kappa shape index (κ3) is 3.05. The number of benzene rings is 1. The van der Waals surface area contributed by atoms with E-state index in [4.69, 9.17) is 5.10 Å². The van der Waals surface area contributed by atoms with E-state index in [1.54, 1.807) is 12.4 Å². The highest BCUT2D eigenvalue weighted by atomic mass is 16.2. The Morgan fingerprint density at radius 1 is 1.20 bits per heavy atom. The minimum absolute atomic E-state index is 0.00128. The van der Waals surface area contributed by atoms with Gasteiger partial charge in [-0.25, -0.2) is 0 Å². The van der Waals surface area contributed by atoms with Crippen LogP contribution >= 0.6 is 0 Å². The summed E-state index contributed by atoms with van der Waals surface area (Å²) in [4.78, 5) is 17.8. The lowest BCUT2D eigenvalue weighted by atomic mass is 10.1. The van der Waals surface area contributed by atoms with Gasteiger partial charge in [0.05, 0.1) is 11.6 Å². The third-order valence-corrected chi connectivity index (χ3v) is 4.80. The standard InChI is InChI=1S/C20H20N4O/c1-2-20(25)23-11-3-4-18(14-23)24-13-17-6-5-16(12-19(17)22-24)15-7-9-21-10-8-15/h2,5-10,12-13,18H,1,3-4,11,14H2. The van der Waals surface area contributed by atoms with Gasteiger partial charge in [0.25, 0.3) is 0 Å². The molecule has 126 valence electrons. The van der Waals surface area contributed by atoms with Crippen molar-refractivity contribution in [1.82, 2.24) is 19.7 Å². The molecule has 1 fully saturated rings. The Kier molecular flexibility index (Phi) is 4.06. The van der Waals surface area contributed by atoms with E-state index in [9.17, 15) is 4.79 Å². The number of carbonyl (C=O) groups is 1. The number of likely N-dealkylation sites (tertiary alicyclic amines) is 1. The van der Waals surface area contributed by atoms with Crippen molar-refractivity contribution in [2.45, 2.75) is 18.9 Å². The SMILES string of the molecule is C=CC(=O)N1CCCC(n2cc3ccc(-c4ccncc4)cc3n2)C1. The predicted octanol–water partition coefficient (Wildman–Crippen LogP) is 3.45. The molecule has 1 saturated heterocycles. The van der Waals surface area contributed by atoms with E-state index in [1.807, 2.05) is 21.7 Å². The molecular formula is C20H20N4O. The van der Waals surface area contributed by atoms with E-state index in [1.165, 1.54) is 6.08 Å². The summed E-state index contributed by atoms with van der Waals surface area (Å²) >= 11 is 0. The van der Waals surface area contributed by atoms with Gasteiger partial charge in [0.2, 0.25) is 5.91 Å². The average molecular weight is 332 g/mol. The fraction of sp³-hybridized carbons (Fsp3) is 0.250. The second-order valence-corrected chi connectivity index (χ2v) is 6.40. The number of nitrogens with zero attached hydrogens (tertiary/aromatic N) is 4. The molecule has 0 aliphatic carbocycles. The number of aromatic nitrogens is 3. The maximum absolute atomic E-state index is 11.9. The highest BCUT2D eigenvalue weighted by Crippen LogP contribution is 2.26. The molecule has 0 bridgehead atoms. The number of carbonyl (C=O) groups excluding carboxylic acids is 1. The molecule has 25 heavy (non-hydrogen) atoms. The molecule has 0 spiro atoms. The van der Waals surface area contributed by atoms with Crippen LogP contribution in [0.25, 0.3) is 22.0 Å². The maximum atomic E-state index is 11.9. The van der Waals surface area contributed by atoms with Crippen LogP contribution < -0.4 is 0 Å². The first-order chi connectivity index (χ1) is 12.2. The van der Waals surface area contributed by atoms with Crippen molar-refractivity contribution < 1.29 is 4.79 Å². The van der Waals surface area contributed by atoms with Gasteiger partial charge in [0.1, 0.15) is 0 Å². The van der Waals surface area contributed by atoms with Gasteiger partial charge in [0, 0.05) is 37.1 Å². The summed E-state index contributed by atoms with van der Waals surface area (Å²) in [6, 6.07) is 10.5. The van der Waals surface area contributed by atoms with E-state index in [0.717, 1.165) is 41.4 Å². The Morgan fingerprint density at radius 3 is 2.84 bits per heavy atom. The first-order valence-electron chi connectivity index (χ1n) is 8.55. The van der Waals surface area contributed by atoms with Crippen LogP contribution in [0.3, 0.4) is 0 Å². The summed E-state index contributed by atoms with van der Waals surface area (Å²) in [5, 5.41) is 5.90. The zero-order chi connectivity index (χ0) is 17.2. The smallest absolute Gasteiger partial charge is 0.246 e. The van der Waals surface area contributed by atoms with Gasteiger partial charge in [0.15, 0.2) is 0 Å². The van der Waals surface area contributed by atoms with E-state index in [-0.39, 0.29) is 11.9 Å². The van der Waals surface area contributed by atoms with Crippen molar-refractivity contribution in [3.63, 3.8) is 0 Å². The second kappa shape index (κ2) is 6.51. The molecule has 1 aliphatic heterocycles. The van der Waals surface area contributed by atoms with Gasteiger partial charge in [-0.05, 0) is 48.2 Å². The van der Waals surface area contributed by atoms with Gasteiger partial charge in [-0.15, -0.1) is 0 Å². The van der Waals surface area contributed by atoms with Crippen LogP contribution in [0.15, 0.2) is 61.6 Å². The van der Waals surface area contributed by atoms with Crippen molar-refractivity contribution in [3.8, 4) is 11.1 Å². The zero-order valence-electron chi connectivity index (χ0n) is 14.0. The molecule has 1 aromatic carbocycles. The Labute approximate surface area is 146 Å². The van der Waals surface area contributed by atoms with Crippen molar-refractivity contribution in [1.29, 1.82) is 0 Å². The number of rotatable bonds is 3. The molecule has 3 heterocycles. The van der Waals surface area contributed by atoms with Crippen LogP contribution in [-0.2, 0) is 4.79 Å². The Bertz CT molecular complexity index is 916. The monoisotopic (exact) mass is 332 g/mol. The lowest BCUT2D eigenvalue weighted by molar-refractivity contribution is -0.127. The van der Waals surface area contributed by atoms with Gasteiger partial charge in [-0.1, -0.05) is 18.7 Å². The maximum Gasteiger partial charge on any atom is 0.246 e. The summed E-state index contributed by atoms with van der Waals surface area (Å²) in [5.74, 6) is 0.00128. The molecule has 5 heteroatoms. The van der Waals surface area contributed by atoms with E-state index >= 15 is 0 Å². The number of fused-ring (bicyclic) bond motifs is 1. The number of hydrogen-bond acceptors (Lipinski definition) is 3. The van der Waals surface area contributed by atoms with Crippen LogP contribution in [0, 0.1) is 0 Å². The fourth-order valence-electron chi connectivity index (χ4n) is 3.45. The number of amides is 1. The van der Waals surface area contributed by atoms with Crippen molar-refractivity contribution in [2.24, 2.45) is 0 Å². The van der Waals surface area contributed by atoms with Gasteiger partial charge < -0.3 is 4.90 Å². The quantitative estimate of drug-likeness (QED) is 0.690. The van der Waals surface area contributed by atoms with Crippen LogP contribution in [-0.4, -0.2) is 38.7 Å². The summed E-state index contributed by atoms with van der Waals surface area (Å²) in [6.07, 6.45) is 9.09. The molecule has 1 aliphatic rings. The van der Waals surface area contributed by atoms with Gasteiger partial charge >= 0.3 is 0 Å². The van der Waals surface area contributed by atoms with Crippen LogP contribution in [0.4, 0.5) is 0 Å². The van der Waals surface area contributed by atoms with E-state index < -0.39 is 0 Å². The molecule has 5 nitrogen and oxygen atoms in total. The molecule has 1 atom stereocenters. The topological polar surface area (TPSA) is 51.0 Å². The fourth-order valence-corrected chi connectivity index (χ4v) is 3.45. The van der Waals surface area contributed by atoms with E-state index in [2.05, 4.69) is 36.0 Å². The average Bonchev–Trinajstić information content (AvgIpc) is 3.11. The van der Waals surface area contributed by atoms with Gasteiger partial charge in [-0.2, -0.15) is 5.10 Å². The molecule has 3 aromatic rings. The summed E-state index contributed by atoms with van der Waals surface area (Å²) < 4.78 is 2.02. The lowest BCUT2D eigenvalue weighted by Gasteiger charge is -2.32. The molecule has 2 aromatic heterocycles. The normalized spacial score (nSPS) is 17.6. The second-order valence-electron chi connectivity index (χ2n) is 6.40. The van der Waals surface area contributed by atoms with E-state index in [0.29, 0.717) is 6.54 Å². The molecule has 0 saturated carbocycles. The summed E-state index contributed by atoms with van der Waals surface area (Å²) in [6.45, 7) is 5.08. The molecule has 0 radical (unpaired) electrons. The summed E-state index contributed by atoms with van der Waals surface area (Å²) in [7, 11) is 0. The summed E-state index contributed by atoms with van der Waals surface area (Å²) in [5.41, 5.74) is 3.24. The highest BCUT2D eigenvalue weighted by molar-refractivity contribution is 5.87. The van der Waals surface area contributed by atoms with Gasteiger partial charge in [-0.3, -0.25) is 14.5 Å². The number of pyridine rings is 1. The minimum atomic E-state index is 0.00128. The Hall–Kier alpha value is -2.95. The molecule has 4 rings (SSSR count). The molecular weight excluding hydrogens is 312 g/mol. The Morgan fingerprint density at radius 2 is 2.04 bits per heavy atom. The van der Waals surface area contributed by atoms with Crippen LogP contribution in [0.5, 0.6) is 0 Å². The first kappa shape index (κ1) is 15.6. The Balaban J connectivity index is 1.63. The van der Waals surface area contributed by atoms with Crippen LogP contribution in [0.1, 0.15) is 18.9 Å². The number of piperidine rings is 1. The lowest BCUT2D eigenvalue weighted by Crippen LogP contribution is -2.39. The van der Waals surface area contributed by atoms with Crippen molar-refractivity contribution in [3.05, 3.63) is 61.6 Å². The highest BCUT2D eigenvalue weighted by Gasteiger charge is 2.24. The van der Waals surface area contributed by atoms with Crippen molar-refractivity contribution >= 4 is 16.8 Å². The minimum Gasteiger partial charge on any atom is -0.337 e.